The third kappa shape index (κ3) is 55.9. The van der Waals surface area contributed by atoms with Gasteiger partial charge >= 0.3 is 11.9 Å². The van der Waals surface area contributed by atoms with Crippen molar-refractivity contribution in [1.82, 2.24) is 0 Å². The minimum absolute atomic E-state index is 0.0668. The van der Waals surface area contributed by atoms with Gasteiger partial charge in [0.05, 0.1) is 6.61 Å². The summed E-state index contributed by atoms with van der Waals surface area (Å²) in [5, 5.41) is 9.67. The number of rotatable bonds is 54. The van der Waals surface area contributed by atoms with Crippen LogP contribution in [0.2, 0.25) is 0 Å². The quantitative estimate of drug-likeness (QED) is 0.0374. The zero-order valence-corrected chi connectivity index (χ0v) is 45.1. The largest absolute Gasteiger partial charge is 0.462 e. The molecule has 1 unspecified atom stereocenters. The molecule has 394 valence electrons. The van der Waals surface area contributed by atoms with Gasteiger partial charge < -0.3 is 14.6 Å². The summed E-state index contributed by atoms with van der Waals surface area (Å²) in [6, 6.07) is 0. The summed E-state index contributed by atoms with van der Waals surface area (Å²) in [4.78, 5) is 24.6. The number of carbonyl (C=O) groups excluding carboxylic acids is 2. The lowest BCUT2D eigenvalue weighted by molar-refractivity contribution is -0.161. The second-order valence-corrected chi connectivity index (χ2v) is 19.7. The lowest BCUT2D eigenvalue weighted by atomic mass is 10.0. The molecule has 1 N–H and O–H groups in total. The van der Waals surface area contributed by atoms with Gasteiger partial charge in [0.2, 0.25) is 0 Å². The lowest BCUT2D eigenvalue weighted by Gasteiger charge is -2.15. The topological polar surface area (TPSA) is 72.8 Å². The van der Waals surface area contributed by atoms with Crippen LogP contribution in [-0.2, 0) is 19.1 Å². The lowest BCUT2D eigenvalue weighted by Crippen LogP contribution is -2.28. The maximum atomic E-state index is 12.3. The predicted octanol–water partition coefficient (Wildman–Crippen LogP) is 20.0. The summed E-state index contributed by atoms with van der Waals surface area (Å²) in [5.74, 6) is -0.585. The Kier molecular flexibility index (Phi) is 56.4. The molecule has 0 aromatic carbocycles. The van der Waals surface area contributed by atoms with Crippen LogP contribution in [0.3, 0.4) is 0 Å². The molecule has 5 nitrogen and oxygen atoms in total. The Morgan fingerprint density at radius 2 is 0.632 bits per heavy atom. The molecule has 0 radical (unpaired) electrons. The molecule has 0 aliphatic carbocycles. The fraction of sp³-hybridized carbons (Fsp3) is 0.778. The molecule has 0 rings (SSSR count). The van der Waals surface area contributed by atoms with E-state index < -0.39 is 6.10 Å². The van der Waals surface area contributed by atoms with Crippen LogP contribution in [0.5, 0.6) is 0 Å². The molecular weight excluding hydrogens is 837 g/mol. The van der Waals surface area contributed by atoms with Crippen molar-refractivity contribution < 1.29 is 24.2 Å². The molecule has 0 aromatic heterocycles. The highest BCUT2D eigenvalue weighted by Crippen LogP contribution is 2.17. The maximum absolute atomic E-state index is 12.3. The van der Waals surface area contributed by atoms with Gasteiger partial charge in [0.1, 0.15) is 6.61 Å². The van der Waals surface area contributed by atoms with E-state index in [0.29, 0.717) is 12.8 Å². The summed E-state index contributed by atoms with van der Waals surface area (Å²) in [7, 11) is 0. The van der Waals surface area contributed by atoms with Gasteiger partial charge in [0.25, 0.3) is 0 Å². The third-order valence-electron chi connectivity index (χ3n) is 13.0. The van der Waals surface area contributed by atoms with Gasteiger partial charge in [-0.2, -0.15) is 0 Å². The highest BCUT2D eigenvalue weighted by Gasteiger charge is 2.16. The average molecular weight is 950 g/mol. The molecule has 0 spiro atoms. The van der Waals surface area contributed by atoms with Crippen LogP contribution in [-0.4, -0.2) is 36.4 Å². The first-order chi connectivity index (χ1) is 33.6. The van der Waals surface area contributed by atoms with Gasteiger partial charge in [0.15, 0.2) is 6.10 Å². The summed E-state index contributed by atoms with van der Waals surface area (Å²) in [6.45, 7) is 4.06. The highest BCUT2D eigenvalue weighted by molar-refractivity contribution is 5.70. The first kappa shape index (κ1) is 65.3. The standard InChI is InChI=1S/C63H112O5/c1-3-5-7-9-11-13-15-17-19-21-23-25-27-29-31-33-35-37-39-41-43-45-47-49-51-53-55-57-62(65)67-60-61(59-64)68-63(66)58-56-54-52-50-48-46-44-42-40-38-36-34-32-30-28-26-24-22-20-18-16-14-12-10-8-6-4-2/h6,8,12,14,18,20-21,23-24,26,30,32,61,64H,3-5,7,9-11,13,15-17,19,22,25,27-29,31,33-60H2,1-2H3/b8-6-,14-12-,20-18-,23-21-,26-24-,32-30-. The molecule has 1 atom stereocenters. The van der Waals surface area contributed by atoms with Crippen molar-refractivity contribution in [2.45, 2.75) is 302 Å². The summed E-state index contributed by atoms with van der Waals surface area (Å²) >= 11 is 0. The SMILES string of the molecule is CC/C=C\C/C=C\C/C=C\C/C=C\C/C=C\CCCCCCCCCCCCCC(=O)OC(CO)COC(=O)CCCCCCCCCCCCCCCCC/C=C\CCCCCCCCCC. The molecule has 0 saturated heterocycles. The zero-order chi connectivity index (χ0) is 49.2. The van der Waals surface area contributed by atoms with Gasteiger partial charge in [-0.05, 0) is 83.5 Å². The van der Waals surface area contributed by atoms with Crippen molar-refractivity contribution in [2.75, 3.05) is 13.2 Å². The van der Waals surface area contributed by atoms with E-state index in [1.54, 1.807) is 0 Å². The van der Waals surface area contributed by atoms with E-state index in [4.69, 9.17) is 9.47 Å². The first-order valence-corrected chi connectivity index (χ1v) is 29.5. The van der Waals surface area contributed by atoms with E-state index in [-0.39, 0.29) is 25.2 Å². The Hall–Kier alpha value is -2.66. The average Bonchev–Trinajstić information content (AvgIpc) is 3.34. The molecule has 0 aliphatic heterocycles. The molecule has 0 aliphatic rings. The van der Waals surface area contributed by atoms with Crippen LogP contribution in [0.4, 0.5) is 0 Å². The van der Waals surface area contributed by atoms with Crippen LogP contribution < -0.4 is 0 Å². The van der Waals surface area contributed by atoms with Crippen LogP contribution >= 0.6 is 0 Å². The monoisotopic (exact) mass is 949 g/mol. The third-order valence-corrected chi connectivity index (χ3v) is 13.0. The van der Waals surface area contributed by atoms with Gasteiger partial charge in [-0.15, -0.1) is 0 Å². The molecule has 0 heterocycles. The van der Waals surface area contributed by atoms with E-state index in [2.05, 4.69) is 86.8 Å². The molecule has 5 heteroatoms. The van der Waals surface area contributed by atoms with Crippen molar-refractivity contribution >= 4 is 11.9 Å². The van der Waals surface area contributed by atoms with E-state index in [9.17, 15) is 14.7 Å². The Morgan fingerprint density at radius 1 is 0.353 bits per heavy atom. The summed E-state index contributed by atoms with van der Waals surface area (Å²) in [5.41, 5.74) is 0. The fourth-order valence-corrected chi connectivity index (χ4v) is 8.58. The van der Waals surface area contributed by atoms with Crippen LogP contribution in [0.1, 0.15) is 296 Å². The summed E-state index contributed by atoms with van der Waals surface area (Å²) < 4.78 is 10.7. The van der Waals surface area contributed by atoms with Crippen molar-refractivity contribution in [2.24, 2.45) is 0 Å². The molecule has 68 heavy (non-hydrogen) atoms. The second-order valence-electron chi connectivity index (χ2n) is 19.7. The van der Waals surface area contributed by atoms with E-state index in [1.807, 2.05) is 0 Å². The number of aliphatic hydroxyl groups is 1. The number of allylic oxidation sites excluding steroid dienone is 12. The predicted molar refractivity (Wildman–Crippen MR) is 297 cm³/mol. The van der Waals surface area contributed by atoms with Gasteiger partial charge in [-0.1, -0.05) is 273 Å². The van der Waals surface area contributed by atoms with Crippen molar-refractivity contribution in [3.63, 3.8) is 0 Å². The smallest absolute Gasteiger partial charge is 0.306 e. The number of esters is 2. The molecular formula is C63H112O5. The number of aliphatic hydroxyl groups excluding tert-OH is 1. The number of ether oxygens (including phenoxy) is 2. The second kappa shape index (κ2) is 58.7. The Labute approximate surface area is 423 Å². The van der Waals surface area contributed by atoms with E-state index >= 15 is 0 Å². The van der Waals surface area contributed by atoms with Gasteiger partial charge in [-0.25, -0.2) is 0 Å². The minimum Gasteiger partial charge on any atom is -0.462 e. The molecule has 0 aromatic rings. The van der Waals surface area contributed by atoms with E-state index in [0.717, 1.165) is 70.6 Å². The number of hydrogen-bond donors (Lipinski definition) is 1. The Balaban J connectivity index is 3.47. The number of carbonyl (C=O) groups is 2. The van der Waals surface area contributed by atoms with Crippen LogP contribution in [0.15, 0.2) is 72.9 Å². The van der Waals surface area contributed by atoms with Crippen LogP contribution in [0.25, 0.3) is 0 Å². The zero-order valence-electron chi connectivity index (χ0n) is 45.1. The number of hydrogen-bond acceptors (Lipinski definition) is 5. The van der Waals surface area contributed by atoms with E-state index in [1.165, 1.54) is 199 Å². The van der Waals surface area contributed by atoms with Crippen molar-refractivity contribution in [3.8, 4) is 0 Å². The van der Waals surface area contributed by atoms with Crippen molar-refractivity contribution in [3.05, 3.63) is 72.9 Å². The Bertz CT molecular complexity index is 1210. The Morgan fingerprint density at radius 3 is 0.971 bits per heavy atom. The normalized spacial score (nSPS) is 12.7. The molecule has 0 bridgehead atoms. The number of unbranched alkanes of at least 4 members (excludes halogenated alkanes) is 34. The van der Waals surface area contributed by atoms with Crippen molar-refractivity contribution in [1.29, 1.82) is 0 Å². The maximum Gasteiger partial charge on any atom is 0.306 e. The first-order valence-electron chi connectivity index (χ1n) is 29.5. The van der Waals surface area contributed by atoms with Crippen LogP contribution in [0, 0.1) is 0 Å². The summed E-state index contributed by atoms with van der Waals surface area (Å²) in [6.07, 6.45) is 80.3. The molecule has 0 fully saturated rings. The van der Waals surface area contributed by atoms with Gasteiger partial charge in [-0.3, -0.25) is 9.59 Å². The molecule has 0 saturated carbocycles. The van der Waals surface area contributed by atoms with Gasteiger partial charge in [0, 0.05) is 12.8 Å². The fourth-order valence-electron chi connectivity index (χ4n) is 8.58. The minimum atomic E-state index is -0.777. The highest BCUT2D eigenvalue weighted by atomic mass is 16.6. The molecule has 0 amide bonds.